The van der Waals surface area contributed by atoms with Gasteiger partial charge in [0.25, 0.3) is 5.91 Å². The normalized spacial score (nSPS) is 25.9. The van der Waals surface area contributed by atoms with Crippen molar-refractivity contribution >= 4 is 35.0 Å². The molecule has 10 heteroatoms. The number of anilines is 2. The van der Waals surface area contributed by atoms with Crippen molar-refractivity contribution in [2.75, 3.05) is 23.3 Å². The third-order valence-electron chi connectivity index (χ3n) is 9.05. The van der Waals surface area contributed by atoms with Crippen molar-refractivity contribution in [1.82, 2.24) is 9.80 Å². The number of fused-ring (bicyclic) bond motifs is 3. The lowest BCUT2D eigenvalue weighted by Gasteiger charge is -2.44. The SMILES string of the molecule is CC(C)(C)C[C@@H](C(=O)N1C[C@]2(C[C@H]1C#N)C(=O)Nc1ccccc12)N1C(=O)[C@@H](N2CCCC2=O)Cc2ccc(F)cc21. The maximum Gasteiger partial charge on any atom is 0.250 e. The smallest absolute Gasteiger partial charge is 0.250 e. The van der Waals surface area contributed by atoms with Gasteiger partial charge in [0.1, 0.15) is 23.9 Å². The zero-order valence-corrected chi connectivity index (χ0v) is 24.0. The molecule has 2 fully saturated rings. The summed E-state index contributed by atoms with van der Waals surface area (Å²) < 4.78 is 14.7. The van der Waals surface area contributed by atoms with E-state index in [2.05, 4.69) is 11.4 Å². The number of hydrogen-bond donors (Lipinski definition) is 1. The Morgan fingerprint density at radius 2 is 1.95 bits per heavy atom. The van der Waals surface area contributed by atoms with Gasteiger partial charge in [0.2, 0.25) is 17.7 Å². The van der Waals surface area contributed by atoms with Gasteiger partial charge in [0.05, 0.1) is 17.2 Å². The molecule has 0 bridgehead atoms. The molecule has 2 aromatic rings. The van der Waals surface area contributed by atoms with Gasteiger partial charge in [-0.3, -0.25) is 24.1 Å². The van der Waals surface area contributed by atoms with Gasteiger partial charge >= 0.3 is 0 Å². The minimum Gasteiger partial charge on any atom is -0.330 e. The number of hydrogen-bond acceptors (Lipinski definition) is 5. The maximum atomic E-state index is 14.7. The van der Waals surface area contributed by atoms with Crippen molar-refractivity contribution < 1.29 is 23.6 Å². The zero-order chi connectivity index (χ0) is 30.0. The van der Waals surface area contributed by atoms with E-state index in [1.165, 1.54) is 21.9 Å². The number of benzene rings is 2. The van der Waals surface area contributed by atoms with Crippen LogP contribution in [-0.2, 0) is 31.0 Å². The number of carbonyl (C=O) groups is 4. The summed E-state index contributed by atoms with van der Waals surface area (Å²) in [5, 5.41) is 13.1. The van der Waals surface area contributed by atoms with Crippen LogP contribution in [0.3, 0.4) is 0 Å². The minimum absolute atomic E-state index is 0.0143. The summed E-state index contributed by atoms with van der Waals surface area (Å²) in [7, 11) is 0. The quantitative estimate of drug-likeness (QED) is 0.603. The molecule has 2 aromatic carbocycles. The van der Waals surface area contributed by atoms with Crippen LogP contribution >= 0.6 is 0 Å². The van der Waals surface area contributed by atoms with Crippen molar-refractivity contribution in [3.05, 3.63) is 59.4 Å². The molecule has 6 rings (SSSR count). The summed E-state index contributed by atoms with van der Waals surface area (Å²) in [6.07, 6.45) is 1.58. The van der Waals surface area contributed by atoms with Crippen molar-refractivity contribution in [3.8, 4) is 6.07 Å². The molecule has 0 aromatic heterocycles. The van der Waals surface area contributed by atoms with Gasteiger partial charge in [-0.1, -0.05) is 45.0 Å². The second-order valence-corrected chi connectivity index (χ2v) is 13.1. The summed E-state index contributed by atoms with van der Waals surface area (Å²) in [6.45, 7) is 6.27. The van der Waals surface area contributed by atoms with E-state index in [0.717, 1.165) is 5.56 Å². The minimum atomic E-state index is -1.08. The standard InChI is InChI=1S/C32H34FN5O4/c1-31(2,3)16-26(28(40)37-18-32(15-21(37)17-34)22-7-4-5-8-23(22)35-30(32)42)38-24-14-20(33)11-10-19(24)13-25(29(38)41)36-12-6-9-27(36)39/h4-5,7-8,10-11,14,21,25-26H,6,9,12-13,15-16,18H2,1-3H3,(H,35,42)/t21-,25-,26-,32-/m0/s1. The number of likely N-dealkylation sites (tertiary alicyclic amines) is 2. The lowest BCUT2D eigenvalue weighted by molar-refractivity contribution is -0.139. The zero-order valence-electron chi connectivity index (χ0n) is 24.0. The van der Waals surface area contributed by atoms with Gasteiger partial charge in [-0.05, 0) is 47.6 Å². The van der Waals surface area contributed by atoms with Crippen LogP contribution in [0.25, 0.3) is 0 Å². The van der Waals surface area contributed by atoms with Crippen LogP contribution in [0.2, 0.25) is 0 Å². The highest BCUT2D eigenvalue weighted by Gasteiger charge is 2.57. The number of nitrogens with one attached hydrogen (secondary N) is 1. The first-order valence-corrected chi connectivity index (χ1v) is 14.5. The van der Waals surface area contributed by atoms with Crippen LogP contribution in [0, 0.1) is 22.6 Å². The molecule has 2 saturated heterocycles. The number of carbonyl (C=O) groups excluding carboxylic acids is 4. The van der Waals surface area contributed by atoms with Crippen LogP contribution in [0.15, 0.2) is 42.5 Å². The topological polar surface area (TPSA) is 114 Å². The Hall–Kier alpha value is -4.26. The molecular weight excluding hydrogens is 537 g/mol. The number of halogens is 1. The maximum absolute atomic E-state index is 14.7. The predicted octanol–water partition coefficient (Wildman–Crippen LogP) is 3.53. The summed E-state index contributed by atoms with van der Waals surface area (Å²) in [6, 6.07) is 10.9. The molecule has 4 amide bonds. The molecule has 1 N–H and O–H groups in total. The van der Waals surface area contributed by atoms with E-state index >= 15 is 0 Å². The number of para-hydroxylation sites is 1. The Bertz CT molecular complexity index is 1540. The van der Waals surface area contributed by atoms with Gasteiger partial charge in [-0.25, -0.2) is 4.39 Å². The average molecular weight is 572 g/mol. The van der Waals surface area contributed by atoms with E-state index in [9.17, 15) is 28.8 Å². The largest absolute Gasteiger partial charge is 0.330 e. The van der Waals surface area contributed by atoms with E-state index < -0.39 is 46.6 Å². The van der Waals surface area contributed by atoms with Crippen LogP contribution in [0.5, 0.6) is 0 Å². The highest BCUT2D eigenvalue weighted by Crippen LogP contribution is 2.47. The van der Waals surface area contributed by atoms with Gasteiger partial charge in [0, 0.05) is 38.0 Å². The Balaban J connectivity index is 1.43. The average Bonchev–Trinajstić information content (AvgIpc) is 3.62. The molecule has 218 valence electrons. The molecule has 9 nitrogen and oxygen atoms in total. The fourth-order valence-corrected chi connectivity index (χ4v) is 7.12. The predicted molar refractivity (Wildman–Crippen MR) is 153 cm³/mol. The molecule has 0 radical (unpaired) electrons. The molecule has 0 aliphatic carbocycles. The fourth-order valence-electron chi connectivity index (χ4n) is 7.12. The van der Waals surface area contributed by atoms with Gasteiger partial charge < -0.3 is 15.1 Å². The van der Waals surface area contributed by atoms with E-state index in [1.54, 1.807) is 17.0 Å². The molecule has 4 aliphatic rings. The van der Waals surface area contributed by atoms with E-state index in [1.807, 2.05) is 39.0 Å². The van der Waals surface area contributed by atoms with Crippen LogP contribution in [0.1, 0.15) is 57.6 Å². The Morgan fingerprint density at radius 1 is 1.19 bits per heavy atom. The lowest BCUT2D eigenvalue weighted by Crippen LogP contribution is -2.61. The Kier molecular flexibility index (Phi) is 6.59. The van der Waals surface area contributed by atoms with E-state index in [0.29, 0.717) is 36.3 Å². The third kappa shape index (κ3) is 4.42. The highest BCUT2D eigenvalue weighted by atomic mass is 19.1. The van der Waals surface area contributed by atoms with Gasteiger partial charge in [0.15, 0.2) is 0 Å². The van der Waals surface area contributed by atoms with Crippen LogP contribution in [0.4, 0.5) is 15.8 Å². The van der Waals surface area contributed by atoms with Crippen molar-refractivity contribution in [1.29, 1.82) is 5.26 Å². The monoisotopic (exact) mass is 571 g/mol. The first-order chi connectivity index (χ1) is 19.9. The molecule has 4 aliphatic heterocycles. The van der Waals surface area contributed by atoms with Crippen LogP contribution < -0.4 is 10.2 Å². The third-order valence-corrected chi connectivity index (χ3v) is 9.05. The van der Waals surface area contributed by atoms with Crippen molar-refractivity contribution in [2.45, 2.75) is 76.4 Å². The molecule has 0 unspecified atom stereocenters. The number of nitriles is 1. The van der Waals surface area contributed by atoms with E-state index in [-0.39, 0.29) is 37.6 Å². The number of amides is 4. The Morgan fingerprint density at radius 3 is 2.64 bits per heavy atom. The van der Waals surface area contributed by atoms with Crippen molar-refractivity contribution in [2.24, 2.45) is 5.41 Å². The second-order valence-electron chi connectivity index (χ2n) is 13.1. The Labute approximate surface area is 244 Å². The summed E-state index contributed by atoms with van der Waals surface area (Å²) in [5.74, 6) is -1.83. The highest BCUT2D eigenvalue weighted by molar-refractivity contribution is 6.09. The fraction of sp³-hybridized carbons (Fsp3) is 0.469. The first kappa shape index (κ1) is 27.9. The molecule has 4 atom stereocenters. The van der Waals surface area contributed by atoms with Crippen LogP contribution in [-0.4, -0.2) is 64.6 Å². The lowest BCUT2D eigenvalue weighted by atomic mass is 9.80. The van der Waals surface area contributed by atoms with E-state index in [4.69, 9.17) is 0 Å². The summed E-state index contributed by atoms with van der Waals surface area (Å²) in [4.78, 5) is 59.4. The summed E-state index contributed by atoms with van der Waals surface area (Å²) in [5.41, 5.74) is 0.851. The van der Waals surface area contributed by atoms with Gasteiger partial charge in [-0.15, -0.1) is 0 Å². The van der Waals surface area contributed by atoms with Gasteiger partial charge in [-0.2, -0.15) is 5.26 Å². The number of nitrogens with zero attached hydrogens (tertiary/aromatic N) is 4. The molecular formula is C32H34FN5O4. The molecule has 4 heterocycles. The molecule has 0 saturated carbocycles. The number of rotatable bonds is 4. The first-order valence-electron chi connectivity index (χ1n) is 14.5. The second kappa shape index (κ2) is 9.93. The van der Waals surface area contributed by atoms with Crippen molar-refractivity contribution in [3.63, 3.8) is 0 Å². The molecule has 1 spiro atoms. The molecule has 42 heavy (non-hydrogen) atoms. The summed E-state index contributed by atoms with van der Waals surface area (Å²) >= 11 is 0.